The molecule has 0 heterocycles. The minimum Gasteiger partial charge on any atom is -0.485 e. The molecule has 1 unspecified atom stereocenters. The van der Waals surface area contributed by atoms with E-state index in [1.807, 2.05) is 43.3 Å². The number of para-hydroxylation sites is 1. The van der Waals surface area contributed by atoms with Crippen LogP contribution in [0.4, 0.5) is 0 Å². The van der Waals surface area contributed by atoms with Gasteiger partial charge in [-0.15, -0.1) is 0 Å². The van der Waals surface area contributed by atoms with E-state index in [2.05, 4.69) is 0 Å². The van der Waals surface area contributed by atoms with Gasteiger partial charge >= 0.3 is 5.97 Å². The second-order valence-corrected chi connectivity index (χ2v) is 7.58. The molecule has 27 heavy (non-hydrogen) atoms. The largest absolute Gasteiger partial charge is 0.485 e. The molecule has 2 saturated carbocycles. The van der Waals surface area contributed by atoms with Gasteiger partial charge in [-0.2, -0.15) is 0 Å². The van der Waals surface area contributed by atoms with Crippen molar-refractivity contribution in [1.82, 2.24) is 0 Å². The normalized spacial score (nSPS) is 29.6. The molecule has 0 saturated heterocycles. The fourth-order valence-electron chi connectivity index (χ4n) is 4.60. The number of ketones is 1. The summed E-state index contributed by atoms with van der Waals surface area (Å²) in [5, 5.41) is 10.4. The Morgan fingerprint density at radius 1 is 1.19 bits per heavy atom. The average Bonchev–Trinajstić information content (AvgIpc) is 3.15. The molecule has 0 radical (unpaired) electrons. The van der Waals surface area contributed by atoms with Gasteiger partial charge in [0.25, 0.3) is 0 Å². The molecule has 3 rings (SSSR count). The van der Waals surface area contributed by atoms with E-state index < -0.39 is 6.10 Å². The molecule has 5 atom stereocenters. The number of carbonyl (C=O) groups is 2. The summed E-state index contributed by atoms with van der Waals surface area (Å²) in [7, 11) is 0. The SMILES string of the molecule is CCOC(=O)CC1C[C@H]2C[C@@H](O)[C@H](C=CC(=O)COc3ccccc3)[C@@H]2C1. The summed E-state index contributed by atoms with van der Waals surface area (Å²) < 4.78 is 10.5. The summed E-state index contributed by atoms with van der Waals surface area (Å²) in [5.74, 6) is 1.46. The third kappa shape index (κ3) is 5.19. The number of rotatable bonds is 8. The zero-order valence-electron chi connectivity index (χ0n) is 15.8. The Labute approximate surface area is 160 Å². The summed E-state index contributed by atoms with van der Waals surface area (Å²) in [6.07, 6.45) is 6.03. The van der Waals surface area contributed by atoms with Gasteiger partial charge in [-0.1, -0.05) is 24.3 Å². The number of ether oxygens (including phenoxy) is 2. The number of hydrogen-bond donors (Lipinski definition) is 1. The van der Waals surface area contributed by atoms with Crippen molar-refractivity contribution < 1.29 is 24.2 Å². The van der Waals surface area contributed by atoms with Crippen molar-refractivity contribution in [2.45, 2.75) is 38.7 Å². The number of esters is 1. The molecule has 0 bridgehead atoms. The van der Waals surface area contributed by atoms with E-state index in [4.69, 9.17) is 9.47 Å². The number of fused-ring (bicyclic) bond motifs is 1. The van der Waals surface area contributed by atoms with Crippen LogP contribution < -0.4 is 4.74 Å². The highest BCUT2D eigenvalue weighted by molar-refractivity contribution is 5.91. The first-order valence-electron chi connectivity index (χ1n) is 9.79. The van der Waals surface area contributed by atoms with Gasteiger partial charge in [0.2, 0.25) is 0 Å². The molecule has 5 nitrogen and oxygen atoms in total. The van der Waals surface area contributed by atoms with Gasteiger partial charge in [0.1, 0.15) is 5.75 Å². The maximum atomic E-state index is 12.1. The van der Waals surface area contributed by atoms with Crippen LogP contribution in [-0.2, 0) is 14.3 Å². The summed E-state index contributed by atoms with van der Waals surface area (Å²) in [4.78, 5) is 23.8. The fourth-order valence-corrected chi connectivity index (χ4v) is 4.60. The molecule has 2 fully saturated rings. The quantitative estimate of drug-likeness (QED) is 0.560. The van der Waals surface area contributed by atoms with Crippen molar-refractivity contribution in [3.8, 4) is 5.75 Å². The highest BCUT2D eigenvalue weighted by atomic mass is 16.5. The maximum Gasteiger partial charge on any atom is 0.306 e. The molecule has 1 N–H and O–H groups in total. The average molecular weight is 372 g/mol. The van der Waals surface area contributed by atoms with E-state index in [-0.39, 0.29) is 24.3 Å². The van der Waals surface area contributed by atoms with Crippen LogP contribution in [0.1, 0.15) is 32.6 Å². The Bertz CT molecular complexity index is 669. The molecule has 2 aliphatic rings. The van der Waals surface area contributed by atoms with Crippen LogP contribution in [0.15, 0.2) is 42.5 Å². The van der Waals surface area contributed by atoms with Gasteiger partial charge in [-0.3, -0.25) is 9.59 Å². The molecular weight excluding hydrogens is 344 g/mol. The van der Waals surface area contributed by atoms with Crippen molar-refractivity contribution in [2.24, 2.45) is 23.7 Å². The van der Waals surface area contributed by atoms with Gasteiger partial charge in [-0.05, 0) is 62.1 Å². The topological polar surface area (TPSA) is 72.8 Å². The molecule has 0 spiro atoms. The van der Waals surface area contributed by atoms with Crippen LogP contribution in [0.2, 0.25) is 0 Å². The second-order valence-electron chi connectivity index (χ2n) is 7.58. The van der Waals surface area contributed by atoms with Crippen molar-refractivity contribution in [3.63, 3.8) is 0 Å². The second kappa shape index (κ2) is 9.18. The van der Waals surface area contributed by atoms with Crippen LogP contribution in [0.5, 0.6) is 5.75 Å². The molecule has 0 aliphatic heterocycles. The lowest BCUT2D eigenvalue weighted by atomic mass is 9.89. The lowest BCUT2D eigenvalue weighted by molar-refractivity contribution is -0.144. The third-order valence-electron chi connectivity index (χ3n) is 5.72. The number of carbonyl (C=O) groups excluding carboxylic acids is 2. The fraction of sp³-hybridized carbons (Fsp3) is 0.545. The van der Waals surface area contributed by atoms with E-state index in [0.717, 1.165) is 19.3 Å². The Hall–Kier alpha value is -2.14. The van der Waals surface area contributed by atoms with Crippen molar-refractivity contribution in [2.75, 3.05) is 13.2 Å². The van der Waals surface area contributed by atoms with Gasteiger partial charge < -0.3 is 14.6 Å². The maximum absolute atomic E-state index is 12.1. The van der Waals surface area contributed by atoms with E-state index in [9.17, 15) is 14.7 Å². The zero-order chi connectivity index (χ0) is 19.2. The highest BCUT2D eigenvalue weighted by Gasteiger charge is 2.47. The van der Waals surface area contributed by atoms with E-state index in [0.29, 0.717) is 36.5 Å². The Morgan fingerprint density at radius 2 is 1.96 bits per heavy atom. The van der Waals surface area contributed by atoms with Gasteiger partial charge in [0, 0.05) is 12.3 Å². The van der Waals surface area contributed by atoms with Crippen LogP contribution in [0, 0.1) is 23.7 Å². The number of aliphatic hydroxyl groups is 1. The van der Waals surface area contributed by atoms with Crippen LogP contribution in [-0.4, -0.2) is 36.2 Å². The number of aliphatic hydroxyl groups excluding tert-OH is 1. The molecule has 5 heteroatoms. The van der Waals surface area contributed by atoms with Crippen LogP contribution >= 0.6 is 0 Å². The summed E-state index contributed by atoms with van der Waals surface area (Å²) >= 11 is 0. The van der Waals surface area contributed by atoms with Crippen LogP contribution in [0.3, 0.4) is 0 Å². The van der Waals surface area contributed by atoms with Crippen molar-refractivity contribution >= 4 is 11.8 Å². The predicted octanol–water partition coefficient (Wildman–Crippen LogP) is 3.17. The van der Waals surface area contributed by atoms with Crippen molar-refractivity contribution in [3.05, 3.63) is 42.5 Å². The first kappa shape index (κ1) is 19.6. The molecule has 0 amide bonds. The first-order chi connectivity index (χ1) is 13.1. The Balaban J connectivity index is 1.51. The van der Waals surface area contributed by atoms with E-state index >= 15 is 0 Å². The van der Waals surface area contributed by atoms with Gasteiger partial charge in [0.15, 0.2) is 12.4 Å². The standard InChI is InChI=1S/C22H28O5/c1-2-26-22(25)12-15-10-16-13-21(24)19(20(16)11-15)9-8-17(23)14-27-18-6-4-3-5-7-18/h3-9,15-16,19-21,24H,2,10-14H2,1H3/t15?,16-,19+,20+,21+/m0/s1. The lowest BCUT2D eigenvalue weighted by Crippen LogP contribution is -2.19. The van der Waals surface area contributed by atoms with Crippen LogP contribution in [0.25, 0.3) is 0 Å². The third-order valence-corrected chi connectivity index (χ3v) is 5.72. The highest BCUT2D eigenvalue weighted by Crippen LogP contribution is 2.51. The molecule has 2 aliphatic carbocycles. The Morgan fingerprint density at radius 3 is 2.70 bits per heavy atom. The Kier molecular flexibility index (Phi) is 6.67. The van der Waals surface area contributed by atoms with Gasteiger partial charge in [0.05, 0.1) is 12.7 Å². The molecule has 146 valence electrons. The number of hydrogen-bond acceptors (Lipinski definition) is 5. The smallest absolute Gasteiger partial charge is 0.306 e. The van der Waals surface area contributed by atoms with E-state index in [1.54, 1.807) is 0 Å². The number of benzene rings is 1. The summed E-state index contributed by atoms with van der Waals surface area (Å²) in [5.41, 5.74) is 0. The molecule has 1 aromatic carbocycles. The molecular formula is C22H28O5. The van der Waals surface area contributed by atoms with E-state index in [1.165, 1.54) is 6.08 Å². The minimum absolute atomic E-state index is 0.0110. The lowest BCUT2D eigenvalue weighted by Gasteiger charge is -2.18. The molecule has 1 aromatic rings. The van der Waals surface area contributed by atoms with Crippen molar-refractivity contribution in [1.29, 1.82) is 0 Å². The molecule has 0 aromatic heterocycles. The first-order valence-corrected chi connectivity index (χ1v) is 9.79. The monoisotopic (exact) mass is 372 g/mol. The summed E-state index contributed by atoms with van der Waals surface area (Å²) in [6.45, 7) is 2.22. The minimum atomic E-state index is -0.414. The van der Waals surface area contributed by atoms with Gasteiger partial charge in [-0.25, -0.2) is 0 Å². The summed E-state index contributed by atoms with van der Waals surface area (Å²) in [6, 6.07) is 9.23. The predicted molar refractivity (Wildman–Crippen MR) is 101 cm³/mol. The zero-order valence-corrected chi connectivity index (χ0v) is 15.8.